The number of ether oxygens (including phenoxy) is 1. The van der Waals surface area contributed by atoms with Crippen LogP contribution in [0, 0.1) is 0 Å². The van der Waals surface area contributed by atoms with E-state index in [4.69, 9.17) is 4.74 Å². The zero-order valence-electron chi connectivity index (χ0n) is 12.8. The quantitative estimate of drug-likeness (QED) is 0.590. The van der Waals surface area contributed by atoms with Gasteiger partial charge in [0.05, 0.1) is 24.6 Å². The first kappa shape index (κ1) is 18.8. The Morgan fingerprint density at radius 1 is 1.21 bits per heavy atom. The molecule has 0 bridgehead atoms. The number of hydrogen-bond acceptors (Lipinski definition) is 5. The molecule has 7 heteroatoms. The van der Waals surface area contributed by atoms with Crippen LogP contribution in [0.2, 0.25) is 0 Å². The molecular formula is C12H28N2O4S. The van der Waals surface area contributed by atoms with Crippen molar-refractivity contribution in [3.8, 4) is 0 Å². The topological polar surface area (TPSA) is 87.7 Å². The molecule has 6 nitrogen and oxygen atoms in total. The maximum Gasteiger partial charge on any atom is 0.209 e. The number of aliphatic hydroxyl groups excluding tert-OH is 1. The van der Waals surface area contributed by atoms with Gasteiger partial charge in [0.1, 0.15) is 0 Å². The number of nitrogens with one attached hydrogen (secondary N) is 2. The van der Waals surface area contributed by atoms with Gasteiger partial charge in [0.15, 0.2) is 0 Å². The highest BCUT2D eigenvalue weighted by Crippen LogP contribution is 2.07. The minimum Gasteiger partial charge on any atom is -0.389 e. The van der Waals surface area contributed by atoms with E-state index >= 15 is 0 Å². The molecule has 0 aliphatic rings. The molecule has 0 aromatic heterocycles. The van der Waals surface area contributed by atoms with Crippen molar-refractivity contribution >= 4 is 10.0 Å². The number of sulfonamides is 1. The lowest BCUT2D eigenvalue weighted by Gasteiger charge is -2.27. The van der Waals surface area contributed by atoms with Crippen molar-refractivity contribution < 1.29 is 18.3 Å². The summed E-state index contributed by atoms with van der Waals surface area (Å²) in [5.41, 5.74) is -0.879. The van der Waals surface area contributed by atoms with Crippen LogP contribution < -0.4 is 10.0 Å². The molecule has 0 fully saturated rings. The average Bonchev–Trinajstić information content (AvgIpc) is 2.09. The summed E-state index contributed by atoms with van der Waals surface area (Å²) in [5, 5.41) is 12.7. The normalized spacial score (nSPS) is 15.5. The van der Waals surface area contributed by atoms with Gasteiger partial charge in [-0.3, -0.25) is 0 Å². The summed E-state index contributed by atoms with van der Waals surface area (Å²) < 4.78 is 30.3. The van der Waals surface area contributed by atoms with E-state index in [0.717, 1.165) is 6.26 Å². The van der Waals surface area contributed by atoms with Crippen molar-refractivity contribution in [3.05, 3.63) is 0 Å². The molecule has 0 aliphatic carbocycles. The van der Waals surface area contributed by atoms with E-state index in [-0.39, 0.29) is 12.2 Å². The minimum atomic E-state index is -3.24. The Kier molecular flexibility index (Phi) is 6.91. The largest absolute Gasteiger partial charge is 0.389 e. The molecule has 0 saturated carbocycles. The highest BCUT2D eigenvalue weighted by molar-refractivity contribution is 7.88. The molecule has 116 valence electrons. The fourth-order valence-electron chi connectivity index (χ4n) is 1.49. The maximum atomic E-state index is 11.1. The van der Waals surface area contributed by atoms with Gasteiger partial charge in [-0.2, -0.15) is 0 Å². The molecule has 1 atom stereocenters. The smallest absolute Gasteiger partial charge is 0.209 e. The summed E-state index contributed by atoms with van der Waals surface area (Å²) in [6.07, 6.45) is 0.508. The van der Waals surface area contributed by atoms with Crippen LogP contribution in [-0.2, 0) is 14.8 Å². The van der Waals surface area contributed by atoms with E-state index in [1.54, 1.807) is 13.8 Å². The molecule has 0 heterocycles. The zero-order valence-corrected chi connectivity index (χ0v) is 13.6. The number of hydrogen-bond donors (Lipinski definition) is 3. The van der Waals surface area contributed by atoms with E-state index in [0.29, 0.717) is 13.1 Å². The Hall–Kier alpha value is -0.210. The lowest BCUT2D eigenvalue weighted by molar-refractivity contribution is -0.0480. The molecule has 0 radical (unpaired) electrons. The lowest BCUT2D eigenvalue weighted by Crippen LogP contribution is -2.51. The molecule has 0 aromatic carbocycles. The second kappa shape index (κ2) is 6.99. The van der Waals surface area contributed by atoms with E-state index in [2.05, 4.69) is 10.0 Å². The molecule has 1 unspecified atom stereocenters. The van der Waals surface area contributed by atoms with Crippen LogP contribution in [0.1, 0.15) is 34.6 Å². The fourth-order valence-corrected chi connectivity index (χ4v) is 2.57. The van der Waals surface area contributed by atoms with Crippen LogP contribution in [0.5, 0.6) is 0 Å². The predicted molar refractivity (Wildman–Crippen MR) is 76.6 cm³/mol. The van der Waals surface area contributed by atoms with Crippen molar-refractivity contribution in [2.45, 2.75) is 51.9 Å². The summed E-state index contributed by atoms with van der Waals surface area (Å²) >= 11 is 0. The Labute approximate surface area is 117 Å². The van der Waals surface area contributed by atoms with Gasteiger partial charge >= 0.3 is 0 Å². The van der Waals surface area contributed by atoms with Crippen LogP contribution in [0.3, 0.4) is 0 Å². The molecule has 19 heavy (non-hydrogen) atoms. The third-order valence-corrected chi connectivity index (χ3v) is 3.04. The molecule has 0 amide bonds. The molecule has 0 rings (SSSR count). The van der Waals surface area contributed by atoms with Crippen molar-refractivity contribution in [1.29, 1.82) is 0 Å². The van der Waals surface area contributed by atoms with Crippen molar-refractivity contribution in [3.63, 3.8) is 0 Å². The van der Waals surface area contributed by atoms with Crippen LogP contribution >= 0.6 is 0 Å². The molecule has 0 aliphatic heterocycles. The zero-order chi connectivity index (χ0) is 15.3. The summed E-state index contributed by atoms with van der Waals surface area (Å²) in [7, 11) is -3.24. The standard InChI is InChI=1S/C12H28N2O4S/c1-11(2,3)18-8-10(15)7-13-9-12(4,5)14-19(6,16)17/h10,13-15H,7-9H2,1-6H3. The van der Waals surface area contributed by atoms with Crippen molar-refractivity contribution in [2.75, 3.05) is 26.0 Å². The van der Waals surface area contributed by atoms with Crippen molar-refractivity contribution in [2.24, 2.45) is 0 Å². The monoisotopic (exact) mass is 296 g/mol. The SMILES string of the molecule is CC(C)(CNCC(O)COC(C)(C)C)NS(C)(=O)=O. The van der Waals surface area contributed by atoms with Gasteiger partial charge in [-0.1, -0.05) is 0 Å². The molecule has 0 saturated heterocycles. The first-order valence-electron chi connectivity index (χ1n) is 6.32. The van der Waals surface area contributed by atoms with E-state index in [9.17, 15) is 13.5 Å². The van der Waals surface area contributed by atoms with Crippen LogP contribution in [0.4, 0.5) is 0 Å². The highest BCUT2D eigenvalue weighted by atomic mass is 32.2. The van der Waals surface area contributed by atoms with E-state index in [1.165, 1.54) is 0 Å². The van der Waals surface area contributed by atoms with Crippen LogP contribution in [0.15, 0.2) is 0 Å². The predicted octanol–water partition coefficient (Wildman–Crippen LogP) is 0.0798. The first-order valence-corrected chi connectivity index (χ1v) is 8.22. The van der Waals surface area contributed by atoms with Crippen LogP contribution in [0.25, 0.3) is 0 Å². The first-order chi connectivity index (χ1) is 8.31. The number of rotatable bonds is 8. The summed E-state index contributed by atoms with van der Waals surface area (Å²) in [5.74, 6) is 0. The summed E-state index contributed by atoms with van der Waals surface area (Å²) in [6.45, 7) is 10.3. The Balaban J connectivity index is 3.96. The van der Waals surface area contributed by atoms with Gasteiger partial charge in [-0.15, -0.1) is 0 Å². The Morgan fingerprint density at radius 3 is 2.16 bits per heavy atom. The lowest BCUT2D eigenvalue weighted by atomic mass is 10.1. The molecule has 3 N–H and O–H groups in total. The summed E-state index contributed by atoms with van der Waals surface area (Å²) in [4.78, 5) is 0. The fraction of sp³-hybridized carbons (Fsp3) is 1.00. The number of aliphatic hydroxyl groups is 1. The second-order valence-corrected chi connectivity index (χ2v) is 8.21. The van der Waals surface area contributed by atoms with Gasteiger partial charge in [0.25, 0.3) is 0 Å². The second-order valence-electron chi connectivity index (χ2n) is 6.47. The van der Waals surface area contributed by atoms with Gasteiger partial charge < -0.3 is 15.2 Å². The van der Waals surface area contributed by atoms with Gasteiger partial charge in [0.2, 0.25) is 10.0 Å². The third kappa shape index (κ3) is 12.6. The highest BCUT2D eigenvalue weighted by Gasteiger charge is 2.22. The van der Waals surface area contributed by atoms with Crippen molar-refractivity contribution in [1.82, 2.24) is 10.0 Å². The van der Waals surface area contributed by atoms with E-state index in [1.807, 2.05) is 20.8 Å². The average molecular weight is 296 g/mol. The Morgan fingerprint density at radius 2 is 1.74 bits per heavy atom. The van der Waals surface area contributed by atoms with E-state index < -0.39 is 21.7 Å². The van der Waals surface area contributed by atoms with Crippen LogP contribution in [-0.4, -0.2) is 56.7 Å². The third-order valence-electron chi connectivity index (χ3n) is 2.12. The molecular weight excluding hydrogens is 268 g/mol. The van der Waals surface area contributed by atoms with Gasteiger partial charge in [0, 0.05) is 18.6 Å². The molecule has 0 aromatic rings. The van der Waals surface area contributed by atoms with Gasteiger partial charge in [-0.05, 0) is 34.6 Å². The molecule has 0 spiro atoms. The minimum absolute atomic E-state index is 0.246. The Bertz CT molecular complexity index is 360. The van der Waals surface area contributed by atoms with Gasteiger partial charge in [-0.25, -0.2) is 13.1 Å². The maximum absolute atomic E-state index is 11.1. The summed E-state index contributed by atoms with van der Waals surface area (Å²) in [6, 6.07) is 0.